The number of ketones is 1. The first kappa shape index (κ1) is 18.5. The molecule has 26 heavy (non-hydrogen) atoms. The number of aryl methyl sites for hydroxylation is 1. The van der Waals surface area contributed by atoms with Gasteiger partial charge in [0.05, 0.1) is 9.20 Å². The molecule has 0 spiro atoms. The van der Waals surface area contributed by atoms with Gasteiger partial charge in [-0.2, -0.15) is 0 Å². The summed E-state index contributed by atoms with van der Waals surface area (Å²) in [5.74, 6) is -0.109. The zero-order chi connectivity index (χ0) is 18.9. The predicted molar refractivity (Wildman–Crippen MR) is 111 cm³/mol. The van der Waals surface area contributed by atoms with Crippen molar-refractivity contribution in [3.05, 3.63) is 76.8 Å². The minimum absolute atomic E-state index is 0.0505. The second-order valence-corrected chi connectivity index (χ2v) is 9.26. The number of rotatable bonds is 3. The smallest absolute Gasteiger partial charge is 0.266 e. The monoisotopic (exact) mass is 383 g/mol. The lowest BCUT2D eigenvalue weighted by atomic mass is 9.86. The summed E-state index contributed by atoms with van der Waals surface area (Å²) in [6, 6.07) is 9.67. The Balaban J connectivity index is 1.92. The van der Waals surface area contributed by atoms with Gasteiger partial charge in [-0.25, -0.2) is 0 Å². The third-order valence-corrected chi connectivity index (χ3v) is 6.07. The molecule has 3 nitrogen and oxygen atoms in total. The van der Waals surface area contributed by atoms with Crippen molar-refractivity contribution in [2.24, 2.45) is 0 Å². The highest BCUT2D eigenvalue weighted by atomic mass is 32.1. The molecule has 0 saturated carbocycles. The van der Waals surface area contributed by atoms with Crippen LogP contribution < -0.4 is 14.8 Å². The second kappa shape index (κ2) is 7.17. The maximum atomic E-state index is 12.5. The molecule has 5 heteroatoms. The van der Waals surface area contributed by atoms with E-state index in [-0.39, 0.29) is 16.8 Å². The number of thiazole rings is 1. The molecule has 3 rings (SSSR count). The van der Waals surface area contributed by atoms with Crippen LogP contribution in [0, 0.1) is 6.92 Å². The van der Waals surface area contributed by atoms with Crippen LogP contribution in [0.4, 0.5) is 0 Å². The summed E-state index contributed by atoms with van der Waals surface area (Å²) in [5.41, 5.74) is 2.83. The van der Waals surface area contributed by atoms with E-state index < -0.39 is 0 Å². The van der Waals surface area contributed by atoms with E-state index >= 15 is 0 Å². The van der Waals surface area contributed by atoms with Crippen molar-refractivity contribution in [3.63, 3.8) is 0 Å². The fourth-order valence-electron chi connectivity index (χ4n) is 2.51. The zero-order valence-electron chi connectivity index (χ0n) is 15.3. The average molecular weight is 384 g/mol. The Morgan fingerprint density at radius 2 is 1.81 bits per heavy atom. The van der Waals surface area contributed by atoms with E-state index in [4.69, 9.17) is 0 Å². The summed E-state index contributed by atoms with van der Waals surface area (Å²) in [5, 5.41) is 2.00. The van der Waals surface area contributed by atoms with Crippen LogP contribution in [0.3, 0.4) is 0 Å². The molecule has 134 valence electrons. The molecular formula is C21H21NO2S2. The minimum atomic E-state index is -0.162. The lowest BCUT2D eigenvalue weighted by Crippen LogP contribution is -2.19. The number of carbonyl (C=O) groups is 1. The molecule has 1 N–H and O–H groups in total. The molecule has 0 unspecified atom stereocenters. The number of aromatic nitrogens is 1. The molecule has 0 atom stereocenters. The molecular weight excluding hydrogens is 362 g/mol. The van der Waals surface area contributed by atoms with Crippen LogP contribution in [0.1, 0.15) is 47.1 Å². The van der Waals surface area contributed by atoms with Crippen LogP contribution >= 0.6 is 22.7 Å². The van der Waals surface area contributed by atoms with Crippen LogP contribution in [0.2, 0.25) is 0 Å². The minimum Gasteiger partial charge on any atom is -0.313 e. The third-order valence-electron chi connectivity index (χ3n) is 4.14. The summed E-state index contributed by atoms with van der Waals surface area (Å²) in [6.45, 7) is 8.43. The molecule has 0 bridgehead atoms. The second-order valence-electron chi connectivity index (χ2n) is 7.23. The molecule has 0 aliphatic rings. The van der Waals surface area contributed by atoms with E-state index in [1.54, 1.807) is 11.3 Å². The Kier molecular flexibility index (Phi) is 5.12. The highest BCUT2D eigenvalue weighted by Crippen LogP contribution is 2.22. The number of H-pyrrole nitrogens is 1. The Bertz CT molecular complexity index is 1110. The summed E-state index contributed by atoms with van der Waals surface area (Å²) in [4.78, 5) is 28.5. The lowest BCUT2D eigenvalue weighted by Gasteiger charge is -2.18. The topological polar surface area (TPSA) is 49.9 Å². The van der Waals surface area contributed by atoms with Crippen molar-refractivity contribution >= 4 is 40.6 Å². The van der Waals surface area contributed by atoms with Crippen molar-refractivity contribution < 1.29 is 4.79 Å². The molecule has 0 saturated heterocycles. The van der Waals surface area contributed by atoms with E-state index in [1.165, 1.54) is 23.0 Å². The molecule has 0 aliphatic carbocycles. The normalized spacial score (nSPS) is 13.4. The van der Waals surface area contributed by atoms with Crippen LogP contribution in [-0.4, -0.2) is 10.8 Å². The van der Waals surface area contributed by atoms with Gasteiger partial charge in [0.2, 0.25) is 0 Å². The van der Waals surface area contributed by atoms with Crippen molar-refractivity contribution in [2.45, 2.75) is 33.1 Å². The maximum absolute atomic E-state index is 12.5. The average Bonchev–Trinajstić information content (AvgIpc) is 3.13. The molecule has 0 aliphatic heterocycles. The van der Waals surface area contributed by atoms with Crippen molar-refractivity contribution in [2.75, 3.05) is 0 Å². The molecule has 3 aromatic rings. The van der Waals surface area contributed by atoms with Gasteiger partial charge in [0.25, 0.3) is 5.56 Å². The van der Waals surface area contributed by atoms with E-state index in [2.05, 4.69) is 25.8 Å². The standard InChI is InChI=1S/C21H21NO2S2/c1-13-9-10-25-17(13)12-18-20(24)22-19(26-18)11-16(23)14-5-7-15(8-6-14)21(2,3)4/h5-12H,1-4H3,(H,22,24)/b18-12-,19-11-. The Morgan fingerprint density at radius 1 is 1.12 bits per heavy atom. The summed E-state index contributed by atoms with van der Waals surface area (Å²) >= 11 is 2.90. The molecule has 0 fully saturated rings. The van der Waals surface area contributed by atoms with Gasteiger partial charge < -0.3 is 4.98 Å². The Morgan fingerprint density at radius 3 is 2.38 bits per heavy atom. The Hall–Kier alpha value is -2.24. The van der Waals surface area contributed by atoms with Crippen LogP contribution in [0.5, 0.6) is 0 Å². The van der Waals surface area contributed by atoms with Gasteiger partial charge in [-0.1, -0.05) is 45.0 Å². The van der Waals surface area contributed by atoms with Gasteiger partial charge >= 0.3 is 0 Å². The highest BCUT2D eigenvalue weighted by Gasteiger charge is 2.13. The number of thiophene rings is 1. The van der Waals surface area contributed by atoms with Crippen molar-refractivity contribution in [1.82, 2.24) is 4.98 Å². The molecule has 0 radical (unpaired) electrons. The Labute approximate surface area is 160 Å². The fraction of sp³-hybridized carbons (Fsp3) is 0.238. The van der Waals surface area contributed by atoms with E-state index in [9.17, 15) is 9.59 Å². The number of benzene rings is 1. The van der Waals surface area contributed by atoms with Gasteiger partial charge in [0.1, 0.15) is 0 Å². The quantitative estimate of drug-likeness (QED) is 0.703. The van der Waals surface area contributed by atoms with Crippen LogP contribution in [0.15, 0.2) is 40.5 Å². The fourth-order valence-corrected chi connectivity index (χ4v) is 4.31. The van der Waals surface area contributed by atoms with Gasteiger partial charge in [-0.3, -0.25) is 9.59 Å². The first-order valence-electron chi connectivity index (χ1n) is 8.35. The zero-order valence-corrected chi connectivity index (χ0v) is 16.9. The van der Waals surface area contributed by atoms with Gasteiger partial charge in [-0.15, -0.1) is 22.7 Å². The van der Waals surface area contributed by atoms with Gasteiger partial charge in [0, 0.05) is 16.5 Å². The predicted octanol–water partition coefficient (Wildman–Crippen LogP) is 3.60. The molecule has 2 aromatic heterocycles. The SMILES string of the molecule is Cc1ccsc1/C=c1\s/c(=C\C(=O)c2ccc(C(C)(C)C)cc2)[nH]c1=O. The first-order chi connectivity index (χ1) is 12.2. The summed E-state index contributed by atoms with van der Waals surface area (Å²) < 4.78 is 1.18. The molecule has 0 amide bonds. The number of Topliss-reactive ketones (excluding diaryl/α,β-unsaturated/α-hetero) is 1. The van der Waals surface area contributed by atoms with Crippen molar-refractivity contribution in [3.8, 4) is 0 Å². The number of hydrogen-bond acceptors (Lipinski definition) is 4. The number of aromatic amines is 1. The van der Waals surface area contributed by atoms with E-state index in [0.29, 0.717) is 14.8 Å². The largest absolute Gasteiger partial charge is 0.313 e. The molecule has 2 heterocycles. The lowest BCUT2D eigenvalue weighted by molar-refractivity contribution is 0.106. The number of carbonyl (C=O) groups excluding carboxylic acids is 1. The third kappa shape index (κ3) is 4.11. The highest BCUT2D eigenvalue weighted by molar-refractivity contribution is 7.11. The maximum Gasteiger partial charge on any atom is 0.266 e. The van der Waals surface area contributed by atoms with Gasteiger partial charge in [-0.05, 0) is 41.0 Å². The number of nitrogens with one attached hydrogen (secondary N) is 1. The van der Waals surface area contributed by atoms with E-state index in [0.717, 1.165) is 10.4 Å². The van der Waals surface area contributed by atoms with Crippen molar-refractivity contribution in [1.29, 1.82) is 0 Å². The van der Waals surface area contributed by atoms with Crippen LogP contribution in [0.25, 0.3) is 12.2 Å². The first-order valence-corrected chi connectivity index (χ1v) is 10.1. The summed E-state index contributed by atoms with van der Waals surface area (Å²) in [7, 11) is 0. The summed E-state index contributed by atoms with van der Waals surface area (Å²) in [6.07, 6.45) is 3.38. The van der Waals surface area contributed by atoms with Crippen LogP contribution in [-0.2, 0) is 5.41 Å². The number of hydrogen-bond donors (Lipinski definition) is 1. The molecule has 1 aromatic carbocycles. The van der Waals surface area contributed by atoms with Gasteiger partial charge in [0.15, 0.2) is 5.78 Å². The van der Waals surface area contributed by atoms with E-state index in [1.807, 2.05) is 48.7 Å².